The summed E-state index contributed by atoms with van der Waals surface area (Å²) in [6.45, 7) is 17.5. The van der Waals surface area contributed by atoms with E-state index in [-0.39, 0.29) is 11.7 Å². The van der Waals surface area contributed by atoms with Crippen LogP contribution >= 0.6 is 0 Å². The quantitative estimate of drug-likeness (QED) is 0.591. The molecule has 0 aliphatic carbocycles. The summed E-state index contributed by atoms with van der Waals surface area (Å²) >= 11 is 0. The molecule has 0 heterocycles. The number of rotatable bonds is 5. The molecule has 1 N–H and O–H groups in total. The minimum atomic E-state index is -0.546. The van der Waals surface area contributed by atoms with Gasteiger partial charge in [-0.25, -0.2) is 0 Å². The highest BCUT2D eigenvalue weighted by Crippen LogP contribution is 2.11. The summed E-state index contributed by atoms with van der Waals surface area (Å²) in [4.78, 5) is 10.9. The molecule has 2 atom stereocenters. The van der Waals surface area contributed by atoms with Crippen molar-refractivity contribution in [1.82, 2.24) is 0 Å². The lowest BCUT2D eigenvalue weighted by Gasteiger charge is -2.15. The van der Waals surface area contributed by atoms with Gasteiger partial charge in [-0.1, -0.05) is 54.0 Å². The summed E-state index contributed by atoms with van der Waals surface area (Å²) in [5, 5.41) is 9.39. The van der Waals surface area contributed by atoms with Gasteiger partial charge < -0.3 is 5.11 Å². The highest BCUT2D eigenvalue weighted by molar-refractivity contribution is 5.80. The van der Waals surface area contributed by atoms with E-state index in [2.05, 4.69) is 40.2 Å². The monoisotopic (exact) mass is 270 g/mol. The molecule has 0 rings (SSSR count). The number of aliphatic hydroxyl groups excluding tert-OH is 1. The van der Waals surface area contributed by atoms with Crippen LogP contribution in [-0.4, -0.2) is 17.0 Å². The van der Waals surface area contributed by atoms with E-state index < -0.39 is 6.10 Å². The third-order valence-electron chi connectivity index (χ3n) is 1.72. The first kappa shape index (κ1) is 26.5. The summed E-state index contributed by atoms with van der Waals surface area (Å²) < 4.78 is 0. The van der Waals surface area contributed by atoms with Crippen molar-refractivity contribution >= 4 is 5.78 Å². The van der Waals surface area contributed by atoms with Crippen LogP contribution in [0.4, 0.5) is 0 Å². The molecule has 0 aliphatic rings. The van der Waals surface area contributed by atoms with Crippen molar-refractivity contribution in [3.05, 3.63) is 12.7 Å². The zero-order valence-electron chi connectivity index (χ0n) is 13.9. The van der Waals surface area contributed by atoms with Crippen LogP contribution in [0.5, 0.6) is 0 Å². The number of carbonyl (C=O) groups excluding carboxylic acids is 1. The van der Waals surface area contributed by atoms with Crippen molar-refractivity contribution in [2.45, 2.75) is 67.4 Å². The number of aliphatic hydroxyl groups is 1. The van der Waals surface area contributed by atoms with Crippen LogP contribution in [0, 0.1) is 24.7 Å². The molecule has 2 heteroatoms. The minimum absolute atomic E-state index is 0.0130. The van der Waals surface area contributed by atoms with Gasteiger partial charge in [0.05, 0.1) is 12.0 Å². The van der Waals surface area contributed by atoms with Crippen molar-refractivity contribution in [1.29, 1.82) is 0 Å². The van der Waals surface area contributed by atoms with Gasteiger partial charge in [-0.05, 0) is 19.3 Å². The number of hydrogen-bond acceptors (Lipinski definition) is 2. The van der Waals surface area contributed by atoms with Crippen LogP contribution < -0.4 is 0 Å². The Morgan fingerprint density at radius 3 is 1.74 bits per heavy atom. The van der Waals surface area contributed by atoms with Gasteiger partial charge in [0.15, 0.2) is 0 Å². The van der Waals surface area contributed by atoms with E-state index in [1.54, 1.807) is 0 Å². The maximum Gasteiger partial charge on any atom is 0.139 e. The van der Waals surface area contributed by atoms with Crippen LogP contribution in [0.3, 0.4) is 0 Å². The molecule has 2 unspecified atom stereocenters. The minimum Gasteiger partial charge on any atom is -0.392 e. The van der Waals surface area contributed by atoms with Gasteiger partial charge in [0.25, 0.3) is 0 Å². The SMILES string of the molecule is C#C.C=CC(C(C)=O)C(O)CCC.CC.CC(C)C. The van der Waals surface area contributed by atoms with E-state index in [4.69, 9.17) is 0 Å². The zero-order chi connectivity index (χ0) is 16.4. The Morgan fingerprint density at radius 1 is 1.26 bits per heavy atom. The molecule has 0 spiro atoms. The molecular formula is C17H34O2. The fourth-order valence-electron chi connectivity index (χ4n) is 1.07. The van der Waals surface area contributed by atoms with Crippen molar-refractivity contribution < 1.29 is 9.90 Å². The highest BCUT2D eigenvalue weighted by atomic mass is 16.3. The molecular weight excluding hydrogens is 236 g/mol. The van der Waals surface area contributed by atoms with Crippen LogP contribution in [-0.2, 0) is 4.79 Å². The van der Waals surface area contributed by atoms with Gasteiger partial charge >= 0.3 is 0 Å². The van der Waals surface area contributed by atoms with Crippen LogP contribution in [0.1, 0.15) is 61.3 Å². The van der Waals surface area contributed by atoms with E-state index in [1.807, 2.05) is 20.8 Å². The lowest BCUT2D eigenvalue weighted by molar-refractivity contribution is -0.122. The van der Waals surface area contributed by atoms with Gasteiger partial charge in [0.1, 0.15) is 5.78 Å². The van der Waals surface area contributed by atoms with Gasteiger partial charge in [-0.15, -0.1) is 19.4 Å². The largest absolute Gasteiger partial charge is 0.392 e. The molecule has 2 nitrogen and oxygen atoms in total. The summed E-state index contributed by atoms with van der Waals surface area (Å²) in [6, 6.07) is 0. The molecule has 0 saturated heterocycles. The second kappa shape index (κ2) is 22.1. The van der Waals surface area contributed by atoms with Crippen LogP contribution in [0.15, 0.2) is 12.7 Å². The maximum atomic E-state index is 10.9. The first-order chi connectivity index (χ1) is 8.86. The Kier molecular flexibility index (Phi) is 30.9. The number of carbonyl (C=O) groups is 1. The molecule has 114 valence electrons. The predicted octanol–water partition coefficient (Wildman–Crippen LogP) is 4.48. The van der Waals surface area contributed by atoms with Gasteiger partial charge in [-0.2, -0.15) is 0 Å². The Morgan fingerprint density at radius 2 is 1.58 bits per heavy atom. The molecule has 0 aromatic heterocycles. The van der Waals surface area contributed by atoms with Gasteiger partial charge in [0, 0.05) is 0 Å². The molecule has 0 aromatic rings. The molecule has 19 heavy (non-hydrogen) atoms. The summed E-state index contributed by atoms with van der Waals surface area (Å²) in [5.41, 5.74) is 0. The molecule has 0 aromatic carbocycles. The Hall–Kier alpha value is -1.07. The highest BCUT2D eigenvalue weighted by Gasteiger charge is 2.18. The van der Waals surface area contributed by atoms with Gasteiger partial charge in [-0.3, -0.25) is 4.79 Å². The maximum absolute atomic E-state index is 10.9. The fourth-order valence-corrected chi connectivity index (χ4v) is 1.07. The van der Waals surface area contributed by atoms with Crippen molar-refractivity contribution in [3.63, 3.8) is 0 Å². The van der Waals surface area contributed by atoms with Crippen molar-refractivity contribution in [2.24, 2.45) is 11.8 Å². The number of hydrogen-bond donors (Lipinski definition) is 1. The van der Waals surface area contributed by atoms with Crippen molar-refractivity contribution in [2.75, 3.05) is 0 Å². The van der Waals surface area contributed by atoms with E-state index >= 15 is 0 Å². The number of ketones is 1. The second-order valence-electron chi connectivity index (χ2n) is 4.46. The predicted molar refractivity (Wildman–Crippen MR) is 87.0 cm³/mol. The third kappa shape index (κ3) is 26.5. The van der Waals surface area contributed by atoms with E-state index in [1.165, 1.54) is 13.0 Å². The normalized spacial score (nSPS) is 11.3. The molecule has 0 radical (unpaired) electrons. The molecule has 0 saturated carbocycles. The Balaban J connectivity index is -0.000000118. The van der Waals surface area contributed by atoms with E-state index in [9.17, 15) is 9.90 Å². The molecule has 0 aliphatic heterocycles. The van der Waals surface area contributed by atoms with E-state index in [0.29, 0.717) is 6.42 Å². The first-order valence-electron chi connectivity index (χ1n) is 7.01. The Bertz CT molecular complexity index is 202. The van der Waals surface area contributed by atoms with Crippen LogP contribution in [0.25, 0.3) is 0 Å². The number of terminal acetylenes is 1. The topological polar surface area (TPSA) is 37.3 Å². The molecule has 0 fully saturated rings. The molecule has 0 bridgehead atoms. The lowest BCUT2D eigenvalue weighted by atomic mass is 9.95. The van der Waals surface area contributed by atoms with Crippen LogP contribution in [0.2, 0.25) is 0 Å². The second-order valence-corrected chi connectivity index (χ2v) is 4.46. The van der Waals surface area contributed by atoms with Crippen molar-refractivity contribution in [3.8, 4) is 12.8 Å². The average molecular weight is 270 g/mol. The third-order valence-corrected chi connectivity index (χ3v) is 1.72. The summed E-state index contributed by atoms with van der Waals surface area (Å²) in [7, 11) is 0. The zero-order valence-corrected chi connectivity index (χ0v) is 13.9. The standard InChI is InChI=1S/C9H16O2.C4H10.C2H6.C2H2/c1-4-6-9(11)8(5-2)7(3)10;1-4(2)3;2*1-2/h5,8-9,11H,2,4,6H2,1,3H3;4H,1-3H3;1-2H3;1-2H. The fraction of sp³-hybridized carbons (Fsp3) is 0.706. The van der Waals surface area contributed by atoms with Gasteiger partial charge in [0.2, 0.25) is 0 Å². The first-order valence-corrected chi connectivity index (χ1v) is 7.01. The summed E-state index contributed by atoms with van der Waals surface area (Å²) in [6.07, 6.45) is 10.5. The lowest BCUT2D eigenvalue weighted by Crippen LogP contribution is -2.24. The van der Waals surface area contributed by atoms with E-state index in [0.717, 1.165) is 12.3 Å². The average Bonchev–Trinajstić information content (AvgIpc) is 2.34. The summed E-state index contributed by atoms with van der Waals surface area (Å²) in [5.74, 6) is 0.441. The Labute approximate surface area is 121 Å². The smallest absolute Gasteiger partial charge is 0.139 e. The number of Topliss-reactive ketones (excluding diaryl/α,β-unsaturated/α-hetero) is 1. The molecule has 0 amide bonds.